The van der Waals surface area contributed by atoms with Gasteiger partial charge in [0.15, 0.2) is 5.82 Å². The molecule has 0 unspecified atom stereocenters. The number of halogens is 4. The van der Waals surface area contributed by atoms with Crippen LogP contribution in [0.15, 0.2) is 24.4 Å². The second kappa shape index (κ2) is 9.77. The van der Waals surface area contributed by atoms with Crippen molar-refractivity contribution in [2.45, 2.75) is 52.8 Å². The SMILES string of the molecule is CC.CC(C)(C)OC(=O)c1ccc(-n2ccc(OCCC(F)(F)F)n2)nc1Cl. The van der Waals surface area contributed by atoms with Gasteiger partial charge in [0.05, 0.1) is 18.6 Å². The van der Waals surface area contributed by atoms with Gasteiger partial charge in [0.1, 0.15) is 10.8 Å². The molecule has 0 saturated heterocycles. The van der Waals surface area contributed by atoms with Gasteiger partial charge in [-0.05, 0) is 32.9 Å². The van der Waals surface area contributed by atoms with E-state index in [2.05, 4.69) is 10.1 Å². The lowest BCUT2D eigenvalue weighted by Gasteiger charge is -2.19. The molecule has 0 N–H and O–H groups in total. The van der Waals surface area contributed by atoms with Crippen molar-refractivity contribution in [2.24, 2.45) is 0 Å². The number of alkyl halides is 3. The monoisotopic (exact) mass is 421 g/mol. The summed E-state index contributed by atoms with van der Waals surface area (Å²) in [5.41, 5.74) is -0.580. The topological polar surface area (TPSA) is 66.2 Å². The normalized spacial score (nSPS) is 11.5. The fraction of sp³-hybridized carbons (Fsp3) is 0.500. The molecule has 0 amide bonds. The second-order valence-electron chi connectivity index (χ2n) is 6.32. The number of carbonyl (C=O) groups excluding carboxylic acids is 1. The molecule has 28 heavy (non-hydrogen) atoms. The van der Waals surface area contributed by atoms with Crippen LogP contribution >= 0.6 is 11.6 Å². The Morgan fingerprint density at radius 2 is 1.82 bits per heavy atom. The van der Waals surface area contributed by atoms with Crippen LogP contribution < -0.4 is 4.74 Å². The van der Waals surface area contributed by atoms with Gasteiger partial charge in [-0.3, -0.25) is 0 Å². The minimum absolute atomic E-state index is 0.0170. The molecule has 0 aliphatic heterocycles. The molecule has 0 spiro atoms. The quantitative estimate of drug-likeness (QED) is 0.488. The van der Waals surface area contributed by atoms with Gasteiger partial charge >= 0.3 is 12.1 Å². The molecule has 2 heterocycles. The number of hydrogen-bond acceptors (Lipinski definition) is 5. The van der Waals surface area contributed by atoms with Gasteiger partial charge in [-0.1, -0.05) is 25.4 Å². The Kier molecular flexibility index (Phi) is 8.29. The Balaban J connectivity index is 0.00000190. The molecule has 2 rings (SSSR count). The molecule has 0 fully saturated rings. The van der Waals surface area contributed by atoms with Gasteiger partial charge in [-0.2, -0.15) is 13.2 Å². The maximum absolute atomic E-state index is 12.1. The average Bonchev–Trinajstić information content (AvgIpc) is 3.02. The fourth-order valence-electron chi connectivity index (χ4n) is 1.82. The molecule has 0 saturated carbocycles. The number of esters is 1. The Labute approximate surface area is 166 Å². The van der Waals surface area contributed by atoms with E-state index in [1.807, 2.05) is 13.8 Å². The zero-order valence-electron chi connectivity index (χ0n) is 16.3. The van der Waals surface area contributed by atoms with Crippen molar-refractivity contribution in [1.82, 2.24) is 14.8 Å². The van der Waals surface area contributed by atoms with Gasteiger partial charge in [0, 0.05) is 12.3 Å². The third-order valence-corrected chi connectivity index (χ3v) is 3.18. The molecular weight excluding hydrogens is 399 g/mol. The second-order valence-corrected chi connectivity index (χ2v) is 6.68. The van der Waals surface area contributed by atoms with E-state index in [0.29, 0.717) is 0 Å². The molecule has 2 aromatic heterocycles. The molecule has 0 aromatic carbocycles. The van der Waals surface area contributed by atoms with E-state index in [0.717, 1.165) is 0 Å². The van der Waals surface area contributed by atoms with Crippen LogP contribution in [0.3, 0.4) is 0 Å². The number of hydrogen-bond donors (Lipinski definition) is 0. The van der Waals surface area contributed by atoms with Crippen molar-refractivity contribution >= 4 is 17.6 Å². The highest BCUT2D eigenvalue weighted by molar-refractivity contribution is 6.32. The van der Waals surface area contributed by atoms with Gasteiger partial charge in [-0.25, -0.2) is 14.5 Å². The van der Waals surface area contributed by atoms with Crippen molar-refractivity contribution in [1.29, 1.82) is 0 Å². The van der Waals surface area contributed by atoms with Gasteiger partial charge in [0.25, 0.3) is 0 Å². The van der Waals surface area contributed by atoms with E-state index in [1.165, 1.54) is 29.1 Å². The first kappa shape index (κ1) is 23.7. The third kappa shape index (κ3) is 7.75. The Hall–Kier alpha value is -2.29. The fourth-order valence-corrected chi connectivity index (χ4v) is 2.05. The summed E-state index contributed by atoms with van der Waals surface area (Å²) in [4.78, 5) is 16.1. The Bertz CT molecular complexity index is 786. The van der Waals surface area contributed by atoms with Crippen molar-refractivity contribution in [3.8, 4) is 11.7 Å². The predicted octanol–water partition coefficient (Wildman–Crippen LogP) is 5.23. The number of aromatic nitrogens is 3. The van der Waals surface area contributed by atoms with Crippen LogP contribution in [0.2, 0.25) is 5.15 Å². The zero-order valence-corrected chi connectivity index (χ0v) is 17.1. The third-order valence-electron chi connectivity index (χ3n) is 2.89. The summed E-state index contributed by atoms with van der Waals surface area (Å²) in [5.74, 6) is -0.324. The molecule has 0 aliphatic rings. The molecule has 0 aliphatic carbocycles. The smallest absolute Gasteiger partial charge is 0.392 e. The Morgan fingerprint density at radius 1 is 1.18 bits per heavy atom. The van der Waals surface area contributed by atoms with Crippen LogP contribution in [-0.4, -0.2) is 39.1 Å². The molecule has 156 valence electrons. The standard InChI is InChI=1S/C16H17ClF3N3O3.C2H6/c1-15(2,3)26-14(24)10-4-5-11(21-13(10)17)23-8-6-12(22-23)25-9-7-16(18,19)20;1-2/h4-6,8H,7,9H2,1-3H3;1-2H3. The summed E-state index contributed by atoms with van der Waals surface area (Å²) in [5, 5.41) is 3.89. The van der Waals surface area contributed by atoms with E-state index in [9.17, 15) is 18.0 Å². The lowest BCUT2D eigenvalue weighted by Crippen LogP contribution is -2.24. The van der Waals surface area contributed by atoms with E-state index in [4.69, 9.17) is 21.1 Å². The van der Waals surface area contributed by atoms with Gasteiger partial charge in [0.2, 0.25) is 5.88 Å². The van der Waals surface area contributed by atoms with Crippen molar-refractivity contribution in [2.75, 3.05) is 6.61 Å². The lowest BCUT2D eigenvalue weighted by molar-refractivity contribution is -0.139. The number of ether oxygens (including phenoxy) is 2. The van der Waals surface area contributed by atoms with Crippen molar-refractivity contribution < 1.29 is 27.4 Å². The number of pyridine rings is 1. The lowest BCUT2D eigenvalue weighted by atomic mass is 10.2. The molecular formula is C18H23ClF3N3O3. The van der Waals surface area contributed by atoms with E-state index >= 15 is 0 Å². The number of nitrogens with zero attached hydrogens (tertiary/aromatic N) is 3. The van der Waals surface area contributed by atoms with Gasteiger partial charge < -0.3 is 9.47 Å². The first-order valence-corrected chi connectivity index (χ1v) is 8.98. The largest absolute Gasteiger partial charge is 0.476 e. The highest BCUT2D eigenvalue weighted by Gasteiger charge is 2.27. The summed E-state index contributed by atoms with van der Waals surface area (Å²) in [6, 6.07) is 4.32. The molecule has 0 radical (unpaired) electrons. The van der Waals surface area contributed by atoms with E-state index in [1.54, 1.807) is 20.8 Å². The summed E-state index contributed by atoms with van der Waals surface area (Å²) in [6.07, 6.45) is -3.92. The maximum atomic E-state index is 12.1. The van der Waals surface area contributed by atoms with Crippen molar-refractivity contribution in [3.05, 3.63) is 35.1 Å². The molecule has 6 nitrogen and oxygen atoms in total. The first-order valence-electron chi connectivity index (χ1n) is 8.60. The summed E-state index contributed by atoms with van der Waals surface area (Å²) in [6.45, 7) is 8.65. The highest BCUT2D eigenvalue weighted by Crippen LogP contribution is 2.22. The first-order chi connectivity index (χ1) is 12.9. The molecule has 2 aromatic rings. The summed E-state index contributed by atoms with van der Waals surface area (Å²) in [7, 11) is 0. The minimum atomic E-state index is -4.30. The highest BCUT2D eigenvalue weighted by atomic mass is 35.5. The van der Waals surface area contributed by atoms with Crippen LogP contribution in [0.5, 0.6) is 5.88 Å². The maximum Gasteiger partial charge on any atom is 0.392 e. The number of carbonyl (C=O) groups is 1. The molecule has 0 bridgehead atoms. The van der Waals surface area contributed by atoms with Crippen LogP contribution in [0.25, 0.3) is 5.82 Å². The van der Waals surface area contributed by atoms with Gasteiger partial charge in [-0.15, -0.1) is 5.10 Å². The molecule has 0 atom stereocenters. The van der Waals surface area contributed by atoms with E-state index in [-0.39, 0.29) is 22.4 Å². The summed E-state index contributed by atoms with van der Waals surface area (Å²) < 4.78 is 47.8. The zero-order chi connectivity index (χ0) is 21.5. The number of rotatable bonds is 5. The van der Waals surface area contributed by atoms with Crippen molar-refractivity contribution in [3.63, 3.8) is 0 Å². The van der Waals surface area contributed by atoms with Crippen LogP contribution in [0, 0.1) is 0 Å². The predicted molar refractivity (Wildman–Crippen MR) is 99.1 cm³/mol. The van der Waals surface area contributed by atoms with Crippen LogP contribution in [0.4, 0.5) is 13.2 Å². The summed E-state index contributed by atoms with van der Waals surface area (Å²) >= 11 is 6.03. The van der Waals surface area contributed by atoms with Crippen LogP contribution in [0.1, 0.15) is 51.4 Å². The molecule has 10 heteroatoms. The minimum Gasteiger partial charge on any atom is -0.476 e. The van der Waals surface area contributed by atoms with E-state index < -0.39 is 30.8 Å². The van der Waals surface area contributed by atoms with Crippen LogP contribution in [-0.2, 0) is 4.74 Å². The Morgan fingerprint density at radius 3 is 2.36 bits per heavy atom. The average molecular weight is 422 g/mol.